The number of hydrogen-bond donors (Lipinski definition) is 1. The molecule has 1 aromatic heterocycles. The molecule has 0 amide bonds. The van der Waals surface area contributed by atoms with Gasteiger partial charge >= 0.3 is 0 Å². The predicted molar refractivity (Wildman–Crippen MR) is 65.6 cm³/mol. The number of H-pyrrole nitrogens is 1. The molecule has 0 aliphatic carbocycles. The second-order valence-electron chi connectivity index (χ2n) is 4.55. The Balaban J connectivity index is 1.83. The molecule has 1 unspecified atom stereocenters. The van der Waals surface area contributed by atoms with E-state index in [4.69, 9.17) is 4.74 Å². The monoisotopic (exact) mass is 215 g/mol. The Morgan fingerprint density at radius 3 is 3.06 bits per heavy atom. The molecule has 0 saturated carbocycles. The Hall–Kier alpha value is -1.28. The van der Waals surface area contributed by atoms with Gasteiger partial charge < -0.3 is 9.72 Å². The maximum atomic E-state index is 5.79. The lowest BCUT2D eigenvalue weighted by Gasteiger charge is -2.22. The van der Waals surface area contributed by atoms with Crippen LogP contribution in [0.1, 0.15) is 24.8 Å². The van der Waals surface area contributed by atoms with Crippen molar-refractivity contribution < 1.29 is 4.74 Å². The van der Waals surface area contributed by atoms with Gasteiger partial charge in [0, 0.05) is 30.1 Å². The lowest BCUT2D eigenvalue weighted by Crippen LogP contribution is -2.21. The Kier molecular flexibility index (Phi) is 2.66. The number of rotatable bonds is 2. The molecule has 1 atom stereocenters. The van der Waals surface area contributed by atoms with E-state index in [0.29, 0.717) is 6.10 Å². The zero-order valence-electron chi connectivity index (χ0n) is 9.41. The van der Waals surface area contributed by atoms with Crippen LogP contribution < -0.4 is 0 Å². The van der Waals surface area contributed by atoms with E-state index in [1.54, 1.807) is 0 Å². The molecule has 1 N–H and O–H groups in total. The first-order valence-electron chi connectivity index (χ1n) is 6.10. The van der Waals surface area contributed by atoms with E-state index < -0.39 is 0 Å². The van der Waals surface area contributed by atoms with Gasteiger partial charge in [0.1, 0.15) is 0 Å². The molecule has 0 spiro atoms. The summed E-state index contributed by atoms with van der Waals surface area (Å²) in [6.07, 6.45) is 7.34. The summed E-state index contributed by atoms with van der Waals surface area (Å²) < 4.78 is 5.79. The second-order valence-corrected chi connectivity index (χ2v) is 4.55. The van der Waals surface area contributed by atoms with E-state index in [9.17, 15) is 0 Å². The van der Waals surface area contributed by atoms with Gasteiger partial charge in [0.25, 0.3) is 0 Å². The van der Waals surface area contributed by atoms with Crippen molar-refractivity contribution in [2.24, 2.45) is 0 Å². The Morgan fingerprint density at radius 2 is 2.19 bits per heavy atom. The van der Waals surface area contributed by atoms with Crippen LogP contribution in [0.25, 0.3) is 10.9 Å². The molecule has 84 valence electrons. The first-order chi connectivity index (χ1) is 7.93. The molecule has 2 heterocycles. The summed E-state index contributed by atoms with van der Waals surface area (Å²) >= 11 is 0. The van der Waals surface area contributed by atoms with E-state index in [0.717, 1.165) is 13.0 Å². The molecule has 1 aromatic carbocycles. The minimum Gasteiger partial charge on any atom is -0.378 e. The first-order valence-corrected chi connectivity index (χ1v) is 6.10. The highest BCUT2D eigenvalue weighted by molar-refractivity contribution is 5.83. The number of aromatic nitrogens is 1. The van der Waals surface area contributed by atoms with Crippen LogP contribution >= 0.6 is 0 Å². The summed E-state index contributed by atoms with van der Waals surface area (Å²) in [4.78, 5) is 3.32. The van der Waals surface area contributed by atoms with Crippen molar-refractivity contribution in [2.75, 3.05) is 6.61 Å². The molecule has 3 rings (SSSR count). The van der Waals surface area contributed by atoms with Gasteiger partial charge in [0.05, 0.1) is 6.10 Å². The maximum absolute atomic E-state index is 5.79. The van der Waals surface area contributed by atoms with E-state index >= 15 is 0 Å². The van der Waals surface area contributed by atoms with Crippen molar-refractivity contribution in [2.45, 2.75) is 31.8 Å². The lowest BCUT2D eigenvalue weighted by molar-refractivity contribution is 0.0170. The number of benzene rings is 1. The van der Waals surface area contributed by atoms with Crippen LogP contribution in [0.15, 0.2) is 30.5 Å². The average molecular weight is 215 g/mol. The van der Waals surface area contributed by atoms with Gasteiger partial charge in [-0.25, -0.2) is 0 Å². The van der Waals surface area contributed by atoms with Crippen LogP contribution in [0, 0.1) is 0 Å². The van der Waals surface area contributed by atoms with Crippen molar-refractivity contribution in [3.05, 3.63) is 36.0 Å². The van der Waals surface area contributed by atoms with Crippen LogP contribution in [0.5, 0.6) is 0 Å². The van der Waals surface area contributed by atoms with Crippen LogP contribution in [-0.4, -0.2) is 17.7 Å². The van der Waals surface area contributed by atoms with Gasteiger partial charge in [-0.05, 0) is 30.9 Å². The highest BCUT2D eigenvalue weighted by atomic mass is 16.5. The van der Waals surface area contributed by atoms with Gasteiger partial charge in [-0.15, -0.1) is 0 Å². The Morgan fingerprint density at radius 1 is 1.25 bits per heavy atom. The highest BCUT2D eigenvalue weighted by Gasteiger charge is 2.15. The third-order valence-electron chi connectivity index (χ3n) is 3.40. The van der Waals surface area contributed by atoms with Crippen molar-refractivity contribution >= 4 is 10.9 Å². The van der Waals surface area contributed by atoms with E-state index in [-0.39, 0.29) is 0 Å². The Bertz CT molecular complexity index is 468. The molecule has 1 fully saturated rings. The predicted octanol–water partition coefficient (Wildman–Crippen LogP) is 3.28. The fourth-order valence-electron chi connectivity index (χ4n) is 2.51. The van der Waals surface area contributed by atoms with Gasteiger partial charge in [-0.3, -0.25) is 0 Å². The highest BCUT2D eigenvalue weighted by Crippen LogP contribution is 2.23. The van der Waals surface area contributed by atoms with Crippen molar-refractivity contribution in [3.63, 3.8) is 0 Å². The Labute approximate surface area is 95.6 Å². The summed E-state index contributed by atoms with van der Waals surface area (Å²) in [5.41, 5.74) is 2.62. The molecule has 1 aliphatic heterocycles. The van der Waals surface area contributed by atoms with Crippen LogP contribution in [0.3, 0.4) is 0 Å². The molecule has 0 bridgehead atoms. The number of aromatic amines is 1. The molecular weight excluding hydrogens is 198 g/mol. The van der Waals surface area contributed by atoms with Crippen molar-refractivity contribution in [1.82, 2.24) is 4.98 Å². The number of hydrogen-bond acceptors (Lipinski definition) is 1. The van der Waals surface area contributed by atoms with E-state index in [1.165, 1.54) is 35.7 Å². The van der Waals surface area contributed by atoms with Crippen LogP contribution in [0.2, 0.25) is 0 Å². The van der Waals surface area contributed by atoms with Crippen molar-refractivity contribution in [1.29, 1.82) is 0 Å². The van der Waals surface area contributed by atoms with Gasteiger partial charge in [0.2, 0.25) is 0 Å². The summed E-state index contributed by atoms with van der Waals surface area (Å²) in [7, 11) is 0. The molecule has 0 radical (unpaired) electrons. The van der Waals surface area contributed by atoms with Crippen molar-refractivity contribution in [3.8, 4) is 0 Å². The number of nitrogens with one attached hydrogen (secondary N) is 1. The standard InChI is InChI=1S/C14H17NO/c1-2-7-14-13(6-1)11(10-15-14)9-12-5-3-4-8-16-12/h1-2,6-7,10,12,15H,3-5,8-9H2. The largest absolute Gasteiger partial charge is 0.378 e. The van der Waals surface area contributed by atoms with E-state index in [1.807, 2.05) is 0 Å². The topological polar surface area (TPSA) is 25.0 Å². The first kappa shape index (κ1) is 9.91. The zero-order chi connectivity index (χ0) is 10.8. The van der Waals surface area contributed by atoms with Crippen LogP contribution in [-0.2, 0) is 11.2 Å². The van der Waals surface area contributed by atoms with Gasteiger partial charge in [-0.2, -0.15) is 0 Å². The average Bonchev–Trinajstić information content (AvgIpc) is 2.74. The van der Waals surface area contributed by atoms with Gasteiger partial charge in [0.15, 0.2) is 0 Å². The molecule has 2 heteroatoms. The molecule has 16 heavy (non-hydrogen) atoms. The lowest BCUT2D eigenvalue weighted by atomic mass is 10.0. The fourth-order valence-corrected chi connectivity index (χ4v) is 2.51. The van der Waals surface area contributed by atoms with E-state index in [2.05, 4.69) is 35.4 Å². The smallest absolute Gasteiger partial charge is 0.0616 e. The second kappa shape index (κ2) is 4.30. The number of para-hydroxylation sites is 1. The third kappa shape index (κ3) is 1.85. The molecule has 2 nitrogen and oxygen atoms in total. The summed E-state index contributed by atoms with van der Waals surface area (Å²) in [5.74, 6) is 0. The minimum atomic E-state index is 0.424. The molecule has 2 aromatic rings. The number of ether oxygens (including phenoxy) is 1. The molecule has 1 saturated heterocycles. The molecule has 1 aliphatic rings. The summed E-state index contributed by atoms with van der Waals surface area (Å²) in [6, 6.07) is 8.48. The minimum absolute atomic E-state index is 0.424. The molecular formula is C14H17NO. The fraction of sp³-hybridized carbons (Fsp3) is 0.429. The number of fused-ring (bicyclic) bond motifs is 1. The third-order valence-corrected chi connectivity index (χ3v) is 3.40. The normalized spacial score (nSPS) is 21.4. The summed E-state index contributed by atoms with van der Waals surface area (Å²) in [6.45, 7) is 0.938. The zero-order valence-corrected chi connectivity index (χ0v) is 9.41. The van der Waals surface area contributed by atoms with Gasteiger partial charge in [-0.1, -0.05) is 18.2 Å². The maximum Gasteiger partial charge on any atom is 0.0616 e. The SMILES string of the molecule is c1ccc2c(CC3CCCCO3)c[nH]c2c1. The van der Waals surface area contributed by atoms with Crippen LogP contribution in [0.4, 0.5) is 0 Å². The summed E-state index contributed by atoms with van der Waals surface area (Å²) in [5, 5.41) is 1.34. The quantitative estimate of drug-likeness (QED) is 0.817.